The molecule has 0 saturated carbocycles. The van der Waals surface area contributed by atoms with Gasteiger partial charge in [-0.1, -0.05) is 0 Å². The number of likely N-dealkylation sites (N-methyl/N-ethyl adjacent to an activating group) is 1. The van der Waals surface area contributed by atoms with Crippen molar-refractivity contribution in [2.45, 2.75) is 19.4 Å². The molecule has 94 valence electrons. The first-order chi connectivity index (χ1) is 8.08. The fraction of sp³-hybridized carbons (Fsp3) is 0.583. The summed E-state index contributed by atoms with van der Waals surface area (Å²) in [5.74, 6) is 0.395. The number of carbonyl (C=O) groups is 1. The first kappa shape index (κ1) is 12.6. The van der Waals surface area contributed by atoms with Crippen molar-refractivity contribution < 1.29 is 9.21 Å². The van der Waals surface area contributed by atoms with Crippen molar-refractivity contribution in [1.82, 2.24) is 9.80 Å². The standard InChI is InChI=1S/C12H17BrN2O2/c1-9-8-14(2)6-3-7-15(9)12(16)10-4-5-11(13)17-10/h4-5,9H,3,6-8H2,1-2H3. The topological polar surface area (TPSA) is 36.7 Å². The third-order valence-corrected chi connectivity index (χ3v) is 3.52. The van der Waals surface area contributed by atoms with E-state index in [4.69, 9.17) is 4.42 Å². The summed E-state index contributed by atoms with van der Waals surface area (Å²) in [6.07, 6.45) is 1.01. The summed E-state index contributed by atoms with van der Waals surface area (Å²) in [5.41, 5.74) is 0. The molecule has 0 spiro atoms. The normalized spacial score (nSPS) is 22.5. The van der Waals surface area contributed by atoms with Gasteiger partial charge in [-0.05, 0) is 55.0 Å². The monoisotopic (exact) mass is 300 g/mol. The van der Waals surface area contributed by atoms with E-state index in [2.05, 4.69) is 34.8 Å². The summed E-state index contributed by atoms with van der Waals surface area (Å²) >= 11 is 3.22. The summed E-state index contributed by atoms with van der Waals surface area (Å²) in [7, 11) is 2.09. The lowest BCUT2D eigenvalue weighted by Crippen LogP contribution is -2.41. The van der Waals surface area contributed by atoms with Crippen LogP contribution in [0.15, 0.2) is 21.2 Å². The minimum absolute atomic E-state index is 0.0153. The molecule has 0 bridgehead atoms. The molecule has 0 N–H and O–H groups in total. The maximum atomic E-state index is 12.3. The highest BCUT2D eigenvalue weighted by Gasteiger charge is 2.26. The second-order valence-electron chi connectivity index (χ2n) is 4.57. The van der Waals surface area contributed by atoms with Gasteiger partial charge in [-0.2, -0.15) is 0 Å². The first-order valence-corrected chi connectivity index (χ1v) is 6.62. The van der Waals surface area contributed by atoms with Crippen LogP contribution in [0, 0.1) is 0 Å². The molecule has 4 nitrogen and oxygen atoms in total. The highest BCUT2D eigenvalue weighted by atomic mass is 79.9. The molecule has 17 heavy (non-hydrogen) atoms. The van der Waals surface area contributed by atoms with E-state index in [9.17, 15) is 4.79 Å². The Morgan fingerprint density at radius 3 is 2.88 bits per heavy atom. The number of nitrogens with zero attached hydrogens (tertiary/aromatic N) is 2. The summed E-state index contributed by atoms with van der Waals surface area (Å²) in [6, 6.07) is 3.69. The highest BCUT2D eigenvalue weighted by molar-refractivity contribution is 9.10. The zero-order valence-electron chi connectivity index (χ0n) is 10.1. The first-order valence-electron chi connectivity index (χ1n) is 5.83. The van der Waals surface area contributed by atoms with E-state index in [1.807, 2.05) is 4.90 Å². The van der Waals surface area contributed by atoms with Gasteiger partial charge in [0.1, 0.15) is 0 Å². The minimum Gasteiger partial charge on any atom is -0.444 e. The van der Waals surface area contributed by atoms with Gasteiger partial charge in [0.15, 0.2) is 10.4 Å². The summed E-state index contributed by atoms with van der Waals surface area (Å²) < 4.78 is 5.92. The van der Waals surface area contributed by atoms with E-state index in [0.29, 0.717) is 10.4 Å². The lowest BCUT2D eigenvalue weighted by atomic mass is 10.2. The van der Waals surface area contributed by atoms with Crippen LogP contribution in [0.4, 0.5) is 0 Å². The number of hydrogen-bond donors (Lipinski definition) is 0. The third-order valence-electron chi connectivity index (χ3n) is 3.09. The molecule has 1 aromatic rings. The van der Waals surface area contributed by atoms with Gasteiger partial charge in [-0.25, -0.2) is 0 Å². The van der Waals surface area contributed by atoms with Gasteiger partial charge in [0.2, 0.25) is 0 Å². The number of rotatable bonds is 1. The maximum Gasteiger partial charge on any atom is 0.289 e. The van der Waals surface area contributed by atoms with Crippen LogP contribution >= 0.6 is 15.9 Å². The molecule has 0 aliphatic carbocycles. The fourth-order valence-corrected chi connectivity index (χ4v) is 2.55. The van der Waals surface area contributed by atoms with Crippen molar-refractivity contribution >= 4 is 21.8 Å². The summed E-state index contributed by atoms with van der Waals surface area (Å²) in [6.45, 7) is 4.82. The molecular weight excluding hydrogens is 284 g/mol. The Kier molecular flexibility index (Phi) is 3.89. The Morgan fingerprint density at radius 2 is 2.24 bits per heavy atom. The van der Waals surface area contributed by atoms with Crippen molar-refractivity contribution in [3.05, 3.63) is 22.6 Å². The van der Waals surface area contributed by atoms with Gasteiger partial charge in [0, 0.05) is 19.1 Å². The zero-order valence-corrected chi connectivity index (χ0v) is 11.7. The largest absolute Gasteiger partial charge is 0.444 e. The fourth-order valence-electron chi connectivity index (χ4n) is 2.24. The van der Waals surface area contributed by atoms with Gasteiger partial charge in [-0.15, -0.1) is 0 Å². The lowest BCUT2D eigenvalue weighted by Gasteiger charge is -2.27. The van der Waals surface area contributed by atoms with Gasteiger partial charge < -0.3 is 14.2 Å². The number of halogens is 1. The van der Waals surface area contributed by atoms with Crippen LogP contribution in [0.3, 0.4) is 0 Å². The molecule has 1 saturated heterocycles. The van der Waals surface area contributed by atoms with Gasteiger partial charge in [-0.3, -0.25) is 4.79 Å². The van der Waals surface area contributed by atoms with E-state index in [1.54, 1.807) is 12.1 Å². The Labute approximate surface area is 110 Å². The Morgan fingerprint density at radius 1 is 1.47 bits per heavy atom. The smallest absolute Gasteiger partial charge is 0.289 e. The molecule has 0 radical (unpaired) electrons. The van der Waals surface area contributed by atoms with Crippen molar-refractivity contribution in [2.24, 2.45) is 0 Å². The number of amides is 1. The summed E-state index contributed by atoms with van der Waals surface area (Å²) in [5, 5.41) is 0. The van der Waals surface area contributed by atoms with Crippen molar-refractivity contribution in [2.75, 3.05) is 26.7 Å². The average Bonchev–Trinajstić information content (AvgIpc) is 2.62. The average molecular weight is 301 g/mol. The van der Waals surface area contributed by atoms with Crippen LogP contribution in [0.25, 0.3) is 0 Å². The van der Waals surface area contributed by atoms with E-state index in [-0.39, 0.29) is 11.9 Å². The van der Waals surface area contributed by atoms with E-state index < -0.39 is 0 Å². The molecule has 1 fully saturated rings. The van der Waals surface area contributed by atoms with Gasteiger partial charge in [0.05, 0.1) is 0 Å². The predicted molar refractivity (Wildman–Crippen MR) is 69.0 cm³/mol. The summed E-state index contributed by atoms with van der Waals surface area (Å²) in [4.78, 5) is 16.4. The SMILES string of the molecule is CC1CN(C)CCCN1C(=O)c1ccc(Br)o1. The quantitative estimate of drug-likeness (QED) is 0.798. The van der Waals surface area contributed by atoms with Crippen LogP contribution in [0.2, 0.25) is 0 Å². The van der Waals surface area contributed by atoms with Crippen LogP contribution in [0.5, 0.6) is 0 Å². The lowest BCUT2D eigenvalue weighted by molar-refractivity contribution is 0.0662. The minimum atomic E-state index is -0.0153. The maximum absolute atomic E-state index is 12.3. The molecule has 1 aromatic heterocycles. The molecule has 1 unspecified atom stereocenters. The van der Waals surface area contributed by atoms with E-state index in [0.717, 1.165) is 26.1 Å². The molecule has 1 atom stereocenters. The molecule has 1 aliphatic heterocycles. The predicted octanol–water partition coefficient (Wildman–Crippen LogP) is 2.21. The van der Waals surface area contributed by atoms with Crippen molar-refractivity contribution in [3.8, 4) is 0 Å². The second kappa shape index (κ2) is 5.23. The molecule has 1 amide bonds. The number of hydrogen-bond acceptors (Lipinski definition) is 3. The Balaban J connectivity index is 2.12. The van der Waals surface area contributed by atoms with Crippen molar-refractivity contribution in [1.29, 1.82) is 0 Å². The molecule has 2 heterocycles. The number of furan rings is 1. The van der Waals surface area contributed by atoms with Crippen molar-refractivity contribution in [3.63, 3.8) is 0 Å². The zero-order chi connectivity index (χ0) is 12.4. The molecule has 5 heteroatoms. The second-order valence-corrected chi connectivity index (χ2v) is 5.35. The van der Waals surface area contributed by atoms with Crippen LogP contribution in [0.1, 0.15) is 23.9 Å². The third kappa shape index (κ3) is 2.90. The van der Waals surface area contributed by atoms with E-state index >= 15 is 0 Å². The van der Waals surface area contributed by atoms with E-state index in [1.165, 1.54) is 0 Å². The Bertz CT molecular complexity index is 405. The molecular formula is C12H17BrN2O2. The Hall–Kier alpha value is -0.810. The van der Waals surface area contributed by atoms with Gasteiger partial charge in [0.25, 0.3) is 5.91 Å². The van der Waals surface area contributed by atoms with Crippen LogP contribution in [-0.4, -0.2) is 48.4 Å². The molecule has 0 aromatic carbocycles. The van der Waals surface area contributed by atoms with Crippen LogP contribution < -0.4 is 0 Å². The number of carbonyl (C=O) groups excluding carboxylic acids is 1. The molecule has 2 rings (SSSR count). The highest BCUT2D eigenvalue weighted by Crippen LogP contribution is 2.18. The molecule has 1 aliphatic rings. The van der Waals surface area contributed by atoms with Crippen LogP contribution in [-0.2, 0) is 0 Å². The van der Waals surface area contributed by atoms with Gasteiger partial charge >= 0.3 is 0 Å².